The van der Waals surface area contributed by atoms with Crippen molar-refractivity contribution in [1.29, 1.82) is 0 Å². The van der Waals surface area contributed by atoms with Gasteiger partial charge in [0.15, 0.2) is 0 Å². The summed E-state index contributed by atoms with van der Waals surface area (Å²) in [5, 5.41) is 15.8. The lowest BCUT2D eigenvalue weighted by molar-refractivity contribution is -0.140. The summed E-state index contributed by atoms with van der Waals surface area (Å²) in [5.41, 5.74) is 1.99. The number of rotatable bonds is 9. The summed E-state index contributed by atoms with van der Waals surface area (Å²) < 4.78 is 5.44. The van der Waals surface area contributed by atoms with Crippen molar-refractivity contribution in [2.75, 3.05) is 11.9 Å². The number of ether oxygens (including phenoxy) is 1. The molecule has 0 aliphatic heterocycles. The molecule has 0 aliphatic carbocycles. The van der Waals surface area contributed by atoms with Crippen LogP contribution in [0.2, 0.25) is 0 Å². The number of amides is 3. The summed E-state index contributed by atoms with van der Waals surface area (Å²) in [6.45, 7) is 9.04. The Morgan fingerprint density at radius 1 is 0.949 bits per heavy atom. The first-order valence-electron chi connectivity index (χ1n) is 13.0. The van der Waals surface area contributed by atoms with E-state index >= 15 is 0 Å². The van der Waals surface area contributed by atoms with Crippen LogP contribution in [0.3, 0.4) is 0 Å². The summed E-state index contributed by atoms with van der Waals surface area (Å²) >= 11 is 0. The van der Waals surface area contributed by atoms with E-state index in [1.165, 1.54) is 17.0 Å². The van der Waals surface area contributed by atoms with Crippen LogP contribution >= 0.6 is 0 Å². The quantitative estimate of drug-likeness (QED) is 0.344. The zero-order chi connectivity index (χ0) is 28.6. The third-order valence-corrected chi connectivity index (χ3v) is 6.04. The molecule has 0 fully saturated rings. The van der Waals surface area contributed by atoms with E-state index in [1.54, 1.807) is 45.9 Å². The van der Waals surface area contributed by atoms with Crippen molar-refractivity contribution in [1.82, 2.24) is 10.2 Å². The number of carbonyl (C=O) groups excluding carboxylic acids is 3. The molecule has 0 aliphatic rings. The van der Waals surface area contributed by atoms with Crippen molar-refractivity contribution in [3.63, 3.8) is 0 Å². The van der Waals surface area contributed by atoms with Gasteiger partial charge >= 0.3 is 6.09 Å². The first-order valence-corrected chi connectivity index (χ1v) is 13.0. The van der Waals surface area contributed by atoms with Crippen LogP contribution in [0.15, 0.2) is 78.9 Å². The Morgan fingerprint density at radius 2 is 1.62 bits per heavy atom. The maximum atomic E-state index is 14.1. The van der Waals surface area contributed by atoms with E-state index in [0.717, 1.165) is 11.1 Å². The average molecular weight is 532 g/mol. The molecule has 0 radical (unpaired) electrons. The van der Waals surface area contributed by atoms with Gasteiger partial charge in [0.2, 0.25) is 5.91 Å². The smallest absolute Gasteiger partial charge is 0.408 e. The number of benzene rings is 3. The second-order valence-corrected chi connectivity index (χ2v) is 10.3. The zero-order valence-corrected chi connectivity index (χ0v) is 23.1. The lowest BCUT2D eigenvalue weighted by Crippen LogP contribution is -2.53. The standard InChI is InChI=1S/C31H37N3O5/c1-6-34(29(37)26(19-22-14-8-7-9-15-22)33-30(38)39-31(3,4)5)27(23-16-12-17-24(35)20-23)28(36)32-25-18-11-10-13-21(25)2/h7-18,20,26-27,35H,6,19H2,1-5H3,(H,32,36)(H,33,38). The highest BCUT2D eigenvalue weighted by Gasteiger charge is 2.36. The molecule has 0 saturated heterocycles. The van der Waals surface area contributed by atoms with Crippen molar-refractivity contribution in [2.24, 2.45) is 0 Å². The monoisotopic (exact) mass is 531 g/mol. The lowest BCUT2D eigenvalue weighted by Gasteiger charge is -2.34. The van der Waals surface area contributed by atoms with E-state index < -0.39 is 35.6 Å². The van der Waals surface area contributed by atoms with Crippen LogP contribution in [0.4, 0.5) is 10.5 Å². The highest BCUT2D eigenvalue weighted by Crippen LogP contribution is 2.27. The first kappa shape index (κ1) is 29.2. The number of nitrogens with one attached hydrogen (secondary N) is 2. The van der Waals surface area contributed by atoms with Crippen LogP contribution in [0.25, 0.3) is 0 Å². The number of hydrogen-bond donors (Lipinski definition) is 3. The van der Waals surface area contributed by atoms with Gasteiger partial charge in [-0.3, -0.25) is 9.59 Å². The molecule has 206 valence electrons. The third-order valence-electron chi connectivity index (χ3n) is 6.04. The maximum Gasteiger partial charge on any atom is 0.408 e. The Balaban J connectivity index is 2.00. The number of phenolic OH excluding ortho intramolecular Hbond substituents is 1. The van der Waals surface area contributed by atoms with Gasteiger partial charge < -0.3 is 25.4 Å². The normalized spacial score (nSPS) is 12.6. The van der Waals surface area contributed by atoms with Gasteiger partial charge in [0.25, 0.3) is 5.91 Å². The van der Waals surface area contributed by atoms with Crippen molar-refractivity contribution in [3.05, 3.63) is 95.6 Å². The van der Waals surface area contributed by atoms with Crippen LogP contribution in [0.5, 0.6) is 5.75 Å². The zero-order valence-electron chi connectivity index (χ0n) is 23.1. The SMILES string of the molecule is CCN(C(=O)C(Cc1ccccc1)NC(=O)OC(C)(C)C)C(C(=O)Nc1ccccc1C)c1cccc(O)c1. The van der Waals surface area contributed by atoms with Crippen LogP contribution in [0.1, 0.15) is 50.4 Å². The molecule has 0 saturated carbocycles. The van der Waals surface area contributed by atoms with E-state index in [-0.39, 0.29) is 18.7 Å². The minimum absolute atomic E-state index is 0.0302. The van der Waals surface area contributed by atoms with E-state index in [0.29, 0.717) is 11.3 Å². The Hall–Kier alpha value is -4.33. The van der Waals surface area contributed by atoms with Crippen molar-refractivity contribution >= 4 is 23.6 Å². The molecule has 8 nitrogen and oxygen atoms in total. The fraction of sp³-hybridized carbons (Fsp3) is 0.323. The molecule has 0 aromatic heterocycles. The van der Waals surface area contributed by atoms with Crippen LogP contribution in [-0.2, 0) is 20.7 Å². The summed E-state index contributed by atoms with van der Waals surface area (Å²) in [7, 11) is 0. The minimum Gasteiger partial charge on any atom is -0.508 e. The van der Waals surface area contributed by atoms with Gasteiger partial charge in [-0.05, 0) is 69.5 Å². The molecule has 0 heterocycles. The van der Waals surface area contributed by atoms with Gasteiger partial charge in [-0.2, -0.15) is 0 Å². The van der Waals surface area contributed by atoms with Gasteiger partial charge in [-0.1, -0.05) is 60.7 Å². The third kappa shape index (κ3) is 8.33. The highest BCUT2D eigenvalue weighted by molar-refractivity contribution is 5.99. The number of aryl methyl sites for hydroxylation is 1. The number of carbonyl (C=O) groups is 3. The molecule has 39 heavy (non-hydrogen) atoms. The topological polar surface area (TPSA) is 108 Å². The number of alkyl carbamates (subject to hydrolysis) is 1. The summed E-state index contributed by atoms with van der Waals surface area (Å²) in [5.74, 6) is -0.932. The van der Waals surface area contributed by atoms with E-state index in [2.05, 4.69) is 10.6 Å². The molecule has 0 spiro atoms. The van der Waals surface area contributed by atoms with Crippen LogP contribution < -0.4 is 10.6 Å². The summed E-state index contributed by atoms with van der Waals surface area (Å²) in [6, 6.07) is 20.8. The number of anilines is 1. The largest absolute Gasteiger partial charge is 0.508 e. The molecule has 3 aromatic rings. The molecular weight excluding hydrogens is 494 g/mol. The van der Waals surface area contributed by atoms with Gasteiger partial charge in [-0.25, -0.2) is 4.79 Å². The number of nitrogens with zero attached hydrogens (tertiary/aromatic N) is 1. The Bertz CT molecular complexity index is 1290. The van der Waals surface area contributed by atoms with Gasteiger partial charge in [0, 0.05) is 18.7 Å². The Labute approximate surface area is 230 Å². The molecule has 0 bridgehead atoms. The lowest BCUT2D eigenvalue weighted by atomic mass is 10.00. The number of likely N-dealkylation sites (N-methyl/N-ethyl adjacent to an activating group) is 1. The van der Waals surface area contributed by atoms with E-state index in [4.69, 9.17) is 4.74 Å². The molecule has 3 rings (SSSR count). The molecule has 3 aromatic carbocycles. The van der Waals surface area contributed by atoms with Crippen LogP contribution in [0, 0.1) is 6.92 Å². The number of para-hydroxylation sites is 1. The fourth-order valence-electron chi connectivity index (χ4n) is 4.25. The van der Waals surface area contributed by atoms with E-state index in [1.807, 2.05) is 55.5 Å². The number of phenols is 1. The van der Waals surface area contributed by atoms with Crippen molar-refractivity contribution < 1.29 is 24.2 Å². The second-order valence-electron chi connectivity index (χ2n) is 10.3. The molecule has 2 atom stereocenters. The second kappa shape index (κ2) is 13.0. The predicted molar refractivity (Wildman–Crippen MR) is 151 cm³/mol. The van der Waals surface area contributed by atoms with Crippen LogP contribution in [-0.4, -0.2) is 46.1 Å². The molecular formula is C31H37N3O5. The minimum atomic E-state index is -1.08. The molecule has 2 unspecified atom stereocenters. The summed E-state index contributed by atoms with van der Waals surface area (Å²) in [6.07, 6.45) is -0.534. The number of hydrogen-bond acceptors (Lipinski definition) is 5. The average Bonchev–Trinajstić information content (AvgIpc) is 2.87. The van der Waals surface area contributed by atoms with Crippen molar-refractivity contribution in [3.8, 4) is 5.75 Å². The molecule has 3 amide bonds. The maximum absolute atomic E-state index is 14.1. The molecule has 8 heteroatoms. The first-order chi connectivity index (χ1) is 18.5. The Morgan fingerprint density at radius 3 is 2.23 bits per heavy atom. The molecule has 3 N–H and O–H groups in total. The highest BCUT2D eigenvalue weighted by atomic mass is 16.6. The van der Waals surface area contributed by atoms with Gasteiger partial charge in [0.1, 0.15) is 23.4 Å². The predicted octanol–water partition coefficient (Wildman–Crippen LogP) is 5.36. The van der Waals surface area contributed by atoms with Crippen molar-refractivity contribution in [2.45, 2.75) is 58.7 Å². The number of aromatic hydroxyl groups is 1. The van der Waals surface area contributed by atoms with Gasteiger partial charge in [0.05, 0.1) is 0 Å². The fourth-order valence-corrected chi connectivity index (χ4v) is 4.25. The van der Waals surface area contributed by atoms with Gasteiger partial charge in [-0.15, -0.1) is 0 Å². The van der Waals surface area contributed by atoms with E-state index in [9.17, 15) is 19.5 Å². The summed E-state index contributed by atoms with van der Waals surface area (Å²) in [4.78, 5) is 42.1. The Kier molecular flexibility index (Phi) is 9.71.